The summed E-state index contributed by atoms with van der Waals surface area (Å²) in [6, 6.07) is 0. The van der Waals surface area contributed by atoms with E-state index in [0.29, 0.717) is 0 Å². The molecule has 2 bridgehead atoms. The lowest BCUT2D eigenvalue weighted by atomic mass is 9.63. The first-order chi connectivity index (χ1) is 5.39. The summed E-state index contributed by atoms with van der Waals surface area (Å²) in [5.41, 5.74) is 0.959. The molecule has 0 aromatic heterocycles. The molecule has 4 atom stereocenters. The largest absolute Gasteiger partial charge is 0.0499 e. The molecule has 0 saturated heterocycles. The van der Waals surface area contributed by atoms with Crippen LogP contribution >= 0.6 is 0 Å². The maximum absolute atomic E-state index is 1.65. The topological polar surface area (TPSA) is 0 Å². The average Bonchev–Trinajstić information content (AvgIpc) is 2.84. The van der Waals surface area contributed by atoms with Crippen LogP contribution in [0.4, 0.5) is 0 Å². The molecule has 5 fully saturated rings. The minimum atomic E-state index is 0.959. The van der Waals surface area contributed by atoms with Gasteiger partial charge in [-0.3, -0.25) is 0 Å². The molecule has 0 nitrogen and oxygen atoms in total. The van der Waals surface area contributed by atoms with E-state index in [2.05, 4.69) is 0 Å². The molecule has 0 heteroatoms. The van der Waals surface area contributed by atoms with Crippen LogP contribution in [0.3, 0.4) is 0 Å². The van der Waals surface area contributed by atoms with Gasteiger partial charge in [-0.05, 0) is 67.6 Å². The van der Waals surface area contributed by atoms with E-state index >= 15 is 0 Å². The summed E-state index contributed by atoms with van der Waals surface area (Å²) < 4.78 is 0. The molecule has 0 aromatic rings. The Morgan fingerprint density at radius 2 is 1.91 bits per heavy atom. The van der Waals surface area contributed by atoms with E-state index in [1.54, 1.807) is 38.5 Å². The number of fused-ring (bicyclic) bond motifs is 1. The van der Waals surface area contributed by atoms with Crippen LogP contribution in [0.15, 0.2) is 0 Å². The van der Waals surface area contributed by atoms with E-state index < -0.39 is 0 Å². The molecular weight excluding hydrogens is 132 g/mol. The summed E-state index contributed by atoms with van der Waals surface area (Å²) in [6.07, 6.45) is 9.73. The molecule has 0 radical (unpaired) electrons. The second-order valence-corrected chi connectivity index (χ2v) is 5.57. The molecule has 1 spiro atoms. The summed E-state index contributed by atoms with van der Waals surface area (Å²) in [5, 5.41) is 0. The van der Waals surface area contributed by atoms with Crippen LogP contribution in [-0.2, 0) is 0 Å². The summed E-state index contributed by atoms with van der Waals surface area (Å²) >= 11 is 0. The highest BCUT2D eigenvalue weighted by molar-refractivity contribution is 5.15. The number of hydrogen-bond donors (Lipinski definition) is 0. The highest BCUT2D eigenvalue weighted by atomic mass is 14.7. The summed E-state index contributed by atoms with van der Waals surface area (Å²) in [6.45, 7) is 0. The van der Waals surface area contributed by atoms with Crippen molar-refractivity contribution in [1.82, 2.24) is 0 Å². The smallest absolute Gasteiger partial charge is 0.0263 e. The zero-order valence-corrected chi connectivity index (χ0v) is 7.05. The van der Waals surface area contributed by atoms with Gasteiger partial charge in [-0.1, -0.05) is 0 Å². The van der Waals surface area contributed by atoms with Crippen LogP contribution in [0, 0.1) is 29.1 Å². The van der Waals surface area contributed by atoms with Crippen molar-refractivity contribution in [2.45, 2.75) is 38.5 Å². The fourth-order valence-electron chi connectivity index (χ4n) is 4.48. The third-order valence-corrected chi connectivity index (χ3v) is 5.21. The van der Waals surface area contributed by atoms with Gasteiger partial charge in [0.15, 0.2) is 0 Å². The maximum atomic E-state index is 1.65. The van der Waals surface area contributed by atoms with Gasteiger partial charge in [0.1, 0.15) is 0 Å². The average molecular weight is 148 g/mol. The van der Waals surface area contributed by atoms with E-state index in [9.17, 15) is 0 Å². The van der Waals surface area contributed by atoms with Crippen LogP contribution in [0.1, 0.15) is 38.5 Å². The van der Waals surface area contributed by atoms with Crippen molar-refractivity contribution in [2.75, 3.05) is 0 Å². The molecule has 0 unspecified atom stereocenters. The van der Waals surface area contributed by atoms with E-state index in [1.165, 1.54) is 23.7 Å². The summed E-state index contributed by atoms with van der Waals surface area (Å²) in [4.78, 5) is 0. The van der Waals surface area contributed by atoms with E-state index in [4.69, 9.17) is 0 Å². The van der Waals surface area contributed by atoms with Crippen molar-refractivity contribution in [3.8, 4) is 0 Å². The van der Waals surface area contributed by atoms with Crippen LogP contribution in [0.2, 0.25) is 0 Å². The molecule has 5 rings (SSSR count). The van der Waals surface area contributed by atoms with Crippen LogP contribution < -0.4 is 0 Å². The van der Waals surface area contributed by atoms with Crippen LogP contribution in [-0.4, -0.2) is 0 Å². The Morgan fingerprint density at radius 3 is 2.64 bits per heavy atom. The van der Waals surface area contributed by atoms with Crippen LogP contribution in [0.25, 0.3) is 0 Å². The normalized spacial score (nSPS) is 61.1. The highest BCUT2D eigenvalue weighted by Gasteiger charge is 2.66. The van der Waals surface area contributed by atoms with Gasteiger partial charge >= 0.3 is 0 Å². The Morgan fingerprint density at radius 1 is 1.00 bits per heavy atom. The van der Waals surface area contributed by atoms with Crippen molar-refractivity contribution in [3.63, 3.8) is 0 Å². The second-order valence-electron chi connectivity index (χ2n) is 5.57. The lowest BCUT2D eigenvalue weighted by Gasteiger charge is -2.42. The molecule has 0 aliphatic heterocycles. The molecule has 0 heterocycles. The van der Waals surface area contributed by atoms with Crippen LogP contribution in [0.5, 0.6) is 0 Å². The molecular formula is C11H16. The summed E-state index contributed by atoms with van der Waals surface area (Å²) in [5.74, 6) is 4.90. The van der Waals surface area contributed by atoms with Gasteiger partial charge in [0.05, 0.1) is 0 Å². The Bertz CT molecular complexity index is 214. The van der Waals surface area contributed by atoms with Crippen molar-refractivity contribution in [2.24, 2.45) is 29.1 Å². The lowest BCUT2D eigenvalue weighted by molar-refractivity contribution is 0.0687. The SMILES string of the molecule is C1C[C@@H]2[C@@H]3C[C@@H]3[C@H]1CC21CC1. The Labute approximate surface area is 68.4 Å². The Balaban J connectivity index is 1.80. The standard InChI is InChI=1S/C11H16/c1-2-10-9-5-8(9)7(1)6-11(10)3-4-11/h7-10H,1-6H2/t7-,8-,9-,10-/m1/s1. The fourth-order valence-corrected chi connectivity index (χ4v) is 4.48. The van der Waals surface area contributed by atoms with Crippen molar-refractivity contribution >= 4 is 0 Å². The molecule has 5 saturated carbocycles. The predicted molar refractivity (Wildman–Crippen MR) is 44.1 cm³/mol. The fraction of sp³-hybridized carbons (Fsp3) is 1.00. The number of rotatable bonds is 0. The zero-order valence-electron chi connectivity index (χ0n) is 7.05. The van der Waals surface area contributed by atoms with Gasteiger partial charge in [0.25, 0.3) is 0 Å². The van der Waals surface area contributed by atoms with Crippen molar-refractivity contribution in [3.05, 3.63) is 0 Å². The van der Waals surface area contributed by atoms with E-state index in [-0.39, 0.29) is 0 Å². The van der Waals surface area contributed by atoms with Gasteiger partial charge in [-0.15, -0.1) is 0 Å². The van der Waals surface area contributed by atoms with Gasteiger partial charge < -0.3 is 0 Å². The third-order valence-electron chi connectivity index (χ3n) is 5.21. The zero-order chi connectivity index (χ0) is 7.05. The summed E-state index contributed by atoms with van der Waals surface area (Å²) in [7, 11) is 0. The lowest BCUT2D eigenvalue weighted by Crippen LogP contribution is -2.34. The van der Waals surface area contributed by atoms with Gasteiger partial charge in [0, 0.05) is 0 Å². The molecule has 0 amide bonds. The second kappa shape index (κ2) is 1.41. The number of hydrogen-bond acceptors (Lipinski definition) is 0. The van der Waals surface area contributed by atoms with Gasteiger partial charge in [0.2, 0.25) is 0 Å². The minimum absolute atomic E-state index is 0.959. The highest BCUT2D eigenvalue weighted by Crippen LogP contribution is 2.75. The van der Waals surface area contributed by atoms with E-state index in [0.717, 1.165) is 5.41 Å². The van der Waals surface area contributed by atoms with Crippen molar-refractivity contribution in [1.29, 1.82) is 0 Å². The molecule has 5 aliphatic carbocycles. The third kappa shape index (κ3) is 0.522. The predicted octanol–water partition coefficient (Wildman–Crippen LogP) is 2.83. The molecule has 5 aliphatic rings. The Hall–Kier alpha value is 0. The quantitative estimate of drug-likeness (QED) is 0.495. The first kappa shape index (κ1) is 5.61. The van der Waals surface area contributed by atoms with Gasteiger partial charge in [-0.25, -0.2) is 0 Å². The Kier molecular flexibility index (Phi) is 0.717. The van der Waals surface area contributed by atoms with Gasteiger partial charge in [-0.2, -0.15) is 0 Å². The first-order valence-corrected chi connectivity index (χ1v) is 5.39. The monoisotopic (exact) mass is 148 g/mol. The molecule has 11 heavy (non-hydrogen) atoms. The van der Waals surface area contributed by atoms with E-state index in [1.807, 2.05) is 0 Å². The van der Waals surface area contributed by atoms with Crippen molar-refractivity contribution < 1.29 is 0 Å². The molecule has 0 N–H and O–H groups in total. The molecule has 60 valence electrons. The molecule has 0 aromatic carbocycles. The maximum Gasteiger partial charge on any atom is -0.0263 e. The minimum Gasteiger partial charge on any atom is -0.0499 e. The first-order valence-electron chi connectivity index (χ1n) is 5.39.